The Morgan fingerprint density at radius 2 is 1.78 bits per heavy atom. The molecule has 3 aliphatic heterocycles. The zero-order valence-corrected chi connectivity index (χ0v) is 13.3. The standard InChI is InChI=1S/C18H26N2O2.CH4/c1-5-19-6-2-16-12-18-17(11-15(1)16)20(7-10-22-18)13-14-3-8-21-9-4-14;/h11-12,14,19H,1-10,13H2;1H4. The first-order chi connectivity index (χ1) is 10.9. The Morgan fingerprint density at radius 3 is 2.57 bits per heavy atom. The number of ether oxygens (including phenoxy) is 2. The van der Waals surface area contributed by atoms with Gasteiger partial charge in [-0.1, -0.05) is 7.43 Å². The maximum Gasteiger partial charge on any atom is 0.142 e. The molecule has 0 saturated carbocycles. The minimum atomic E-state index is 0. The Hall–Kier alpha value is -1.26. The summed E-state index contributed by atoms with van der Waals surface area (Å²) in [4.78, 5) is 2.55. The molecule has 128 valence electrons. The molecular formula is C19H30N2O2. The highest BCUT2D eigenvalue weighted by atomic mass is 16.5. The van der Waals surface area contributed by atoms with Crippen LogP contribution in [0, 0.1) is 5.92 Å². The maximum absolute atomic E-state index is 5.96. The van der Waals surface area contributed by atoms with Crippen molar-refractivity contribution in [2.45, 2.75) is 33.1 Å². The van der Waals surface area contributed by atoms with Crippen molar-refractivity contribution in [2.24, 2.45) is 5.92 Å². The van der Waals surface area contributed by atoms with Gasteiger partial charge < -0.3 is 19.7 Å². The molecule has 4 rings (SSSR count). The van der Waals surface area contributed by atoms with E-state index in [2.05, 4.69) is 22.3 Å². The largest absolute Gasteiger partial charge is 0.490 e. The van der Waals surface area contributed by atoms with E-state index in [0.29, 0.717) is 0 Å². The number of nitrogens with one attached hydrogen (secondary N) is 1. The molecule has 1 saturated heterocycles. The van der Waals surface area contributed by atoms with Crippen molar-refractivity contribution in [2.75, 3.05) is 50.9 Å². The molecule has 0 unspecified atom stereocenters. The third-order valence-electron chi connectivity index (χ3n) is 5.20. The van der Waals surface area contributed by atoms with Gasteiger partial charge in [0, 0.05) is 19.8 Å². The first-order valence-electron chi connectivity index (χ1n) is 8.72. The predicted octanol–water partition coefficient (Wildman–Crippen LogP) is 2.64. The predicted molar refractivity (Wildman–Crippen MR) is 94.7 cm³/mol. The molecule has 4 heteroatoms. The molecule has 3 aliphatic rings. The van der Waals surface area contributed by atoms with Gasteiger partial charge in [0.25, 0.3) is 0 Å². The molecule has 1 fully saturated rings. The van der Waals surface area contributed by atoms with E-state index in [4.69, 9.17) is 9.47 Å². The Labute approximate surface area is 140 Å². The molecule has 0 spiro atoms. The summed E-state index contributed by atoms with van der Waals surface area (Å²) in [5.74, 6) is 1.86. The summed E-state index contributed by atoms with van der Waals surface area (Å²) in [5, 5.41) is 3.49. The number of fused-ring (bicyclic) bond motifs is 2. The fourth-order valence-corrected chi connectivity index (χ4v) is 3.87. The monoisotopic (exact) mass is 318 g/mol. The van der Waals surface area contributed by atoms with Crippen LogP contribution in [0.25, 0.3) is 0 Å². The summed E-state index contributed by atoms with van der Waals surface area (Å²) in [5.41, 5.74) is 4.29. The number of hydrogen-bond donors (Lipinski definition) is 1. The van der Waals surface area contributed by atoms with E-state index in [-0.39, 0.29) is 7.43 Å². The van der Waals surface area contributed by atoms with Crippen LogP contribution in [0.5, 0.6) is 5.75 Å². The molecule has 0 bridgehead atoms. The van der Waals surface area contributed by atoms with E-state index in [1.807, 2.05) is 0 Å². The number of nitrogens with zero attached hydrogens (tertiary/aromatic N) is 1. The number of hydrogen-bond acceptors (Lipinski definition) is 4. The molecule has 0 atom stereocenters. The molecular weight excluding hydrogens is 288 g/mol. The summed E-state index contributed by atoms with van der Waals surface area (Å²) in [6.07, 6.45) is 4.64. The van der Waals surface area contributed by atoms with Gasteiger partial charge in [-0.2, -0.15) is 0 Å². The molecule has 0 radical (unpaired) electrons. The van der Waals surface area contributed by atoms with Crippen LogP contribution in [0.15, 0.2) is 12.1 Å². The Bertz CT molecular complexity index is 526. The van der Waals surface area contributed by atoms with Crippen LogP contribution in [0.1, 0.15) is 31.4 Å². The average molecular weight is 318 g/mol. The summed E-state index contributed by atoms with van der Waals surface area (Å²) >= 11 is 0. The second kappa shape index (κ2) is 7.54. The molecule has 23 heavy (non-hydrogen) atoms. The Kier molecular flexibility index (Phi) is 5.44. The third kappa shape index (κ3) is 3.64. The van der Waals surface area contributed by atoms with Crippen LogP contribution in [-0.4, -0.2) is 46.0 Å². The summed E-state index contributed by atoms with van der Waals surface area (Å²) in [7, 11) is 0. The summed E-state index contributed by atoms with van der Waals surface area (Å²) < 4.78 is 11.5. The van der Waals surface area contributed by atoms with E-state index < -0.39 is 0 Å². The average Bonchev–Trinajstić information content (AvgIpc) is 2.79. The fourth-order valence-electron chi connectivity index (χ4n) is 3.87. The van der Waals surface area contributed by atoms with Gasteiger partial charge in [0.2, 0.25) is 0 Å². The van der Waals surface area contributed by atoms with Gasteiger partial charge in [0.1, 0.15) is 12.4 Å². The Balaban J connectivity index is 0.00000156. The highest BCUT2D eigenvalue weighted by Gasteiger charge is 2.24. The lowest BCUT2D eigenvalue weighted by Crippen LogP contribution is -2.38. The topological polar surface area (TPSA) is 33.7 Å². The van der Waals surface area contributed by atoms with Crippen molar-refractivity contribution in [1.82, 2.24) is 5.32 Å². The molecule has 1 aromatic carbocycles. The van der Waals surface area contributed by atoms with Crippen molar-refractivity contribution in [3.63, 3.8) is 0 Å². The normalized spacial score (nSPS) is 21.5. The minimum absolute atomic E-state index is 0. The van der Waals surface area contributed by atoms with Gasteiger partial charge >= 0.3 is 0 Å². The second-order valence-electron chi connectivity index (χ2n) is 6.69. The molecule has 4 nitrogen and oxygen atoms in total. The first kappa shape index (κ1) is 16.6. The number of benzene rings is 1. The van der Waals surface area contributed by atoms with E-state index in [1.54, 1.807) is 0 Å². The van der Waals surface area contributed by atoms with Crippen LogP contribution in [0.2, 0.25) is 0 Å². The highest BCUT2D eigenvalue weighted by molar-refractivity contribution is 5.63. The highest BCUT2D eigenvalue weighted by Crippen LogP contribution is 2.36. The lowest BCUT2D eigenvalue weighted by Gasteiger charge is -2.36. The zero-order chi connectivity index (χ0) is 14.8. The summed E-state index contributed by atoms with van der Waals surface area (Å²) in [6.45, 7) is 7.00. The molecule has 1 aromatic rings. The zero-order valence-electron chi connectivity index (χ0n) is 13.3. The smallest absolute Gasteiger partial charge is 0.142 e. The SMILES string of the molecule is C.c1c2c(cc3c1OCCN3CC1CCOCC1)CCNCC2. The van der Waals surface area contributed by atoms with Crippen LogP contribution in [0.3, 0.4) is 0 Å². The summed E-state index contributed by atoms with van der Waals surface area (Å²) in [6, 6.07) is 4.70. The van der Waals surface area contributed by atoms with Gasteiger partial charge in [-0.25, -0.2) is 0 Å². The first-order valence-corrected chi connectivity index (χ1v) is 8.72. The van der Waals surface area contributed by atoms with E-state index >= 15 is 0 Å². The van der Waals surface area contributed by atoms with E-state index in [9.17, 15) is 0 Å². The van der Waals surface area contributed by atoms with Crippen molar-refractivity contribution in [1.29, 1.82) is 0 Å². The van der Waals surface area contributed by atoms with Gasteiger partial charge in [-0.3, -0.25) is 0 Å². The van der Waals surface area contributed by atoms with Gasteiger partial charge in [-0.15, -0.1) is 0 Å². The van der Waals surface area contributed by atoms with E-state index in [1.165, 1.54) is 29.7 Å². The third-order valence-corrected chi connectivity index (χ3v) is 5.20. The second-order valence-corrected chi connectivity index (χ2v) is 6.69. The van der Waals surface area contributed by atoms with Crippen molar-refractivity contribution >= 4 is 5.69 Å². The molecule has 1 N–H and O–H groups in total. The molecule has 0 aromatic heterocycles. The number of rotatable bonds is 2. The minimum Gasteiger partial charge on any atom is -0.490 e. The quantitative estimate of drug-likeness (QED) is 0.909. The molecule has 3 heterocycles. The van der Waals surface area contributed by atoms with Crippen LogP contribution in [0.4, 0.5) is 5.69 Å². The van der Waals surface area contributed by atoms with E-state index in [0.717, 1.165) is 70.5 Å². The van der Waals surface area contributed by atoms with Crippen LogP contribution >= 0.6 is 0 Å². The Morgan fingerprint density at radius 1 is 1.04 bits per heavy atom. The van der Waals surface area contributed by atoms with Crippen molar-refractivity contribution in [3.8, 4) is 5.75 Å². The number of anilines is 1. The van der Waals surface area contributed by atoms with Gasteiger partial charge in [0.05, 0.1) is 12.2 Å². The fraction of sp³-hybridized carbons (Fsp3) is 0.684. The molecule has 0 aliphatic carbocycles. The van der Waals surface area contributed by atoms with Crippen molar-refractivity contribution < 1.29 is 9.47 Å². The lowest BCUT2D eigenvalue weighted by molar-refractivity contribution is 0.0678. The van der Waals surface area contributed by atoms with Crippen LogP contribution in [-0.2, 0) is 17.6 Å². The van der Waals surface area contributed by atoms with Gasteiger partial charge in [0.15, 0.2) is 0 Å². The lowest BCUT2D eigenvalue weighted by atomic mass is 9.97. The maximum atomic E-state index is 5.96. The van der Waals surface area contributed by atoms with Gasteiger partial charge in [-0.05, 0) is 68.0 Å². The van der Waals surface area contributed by atoms with Crippen molar-refractivity contribution in [3.05, 3.63) is 23.3 Å². The molecule has 0 amide bonds. The van der Waals surface area contributed by atoms with Crippen LogP contribution < -0.4 is 15.0 Å².